The second-order valence-corrected chi connectivity index (χ2v) is 3.45. The van der Waals surface area contributed by atoms with Crippen molar-refractivity contribution in [1.29, 1.82) is 0 Å². The first kappa shape index (κ1) is 9.71. The highest BCUT2D eigenvalue weighted by atomic mass is 16.5. The lowest BCUT2D eigenvalue weighted by Crippen LogP contribution is -2.00. The minimum absolute atomic E-state index is 0.584. The summed E-state index contributed by atoms with van der Waals surface area (Å²) in [7, 11) is 0. The van der Waals surface area contributed by atoms with Crippen molar-refractivity contribution >= 4 is 5.69 Å². The summed E-state index contributed by atoms with van der Waals surface area (Å²) in [6, 6.07) is 8.18. The molecule has 0 saturated heterocycles. The van der Waals surface area contributed by atoms with Crippen molar-refractivity contribution < 1.29 is 4.52 Å². The van der Waals surface area contributed by atoms with Crippen LogP contribution in [0.4, 0.5) is 5.69 Å². The van der Waals surface area contributed by atoms with Crippen molar-refractivity contribution in [3.8, 4) is 0 Å². The quantitative estimate of drug-likeness (QED) is 0.831. The Hall–Kier alpha value is -1.84. The molecular weight excluding hydrogens is 190 g/mol. The Morgan fingerprint density at radius 3 is 2.53 bits per heavy atom. The second-order valence-electron chi connectivity index (χ2n) is 3.45. The van der Waals surface area contributed by atoms with Crippen LogP contribution in [0.3, 0.4) is 0 Å². The van der Waals surface area contributed by atoms with E-state index in [9.17, 15) is 0 Å². The molecule has 1 heterocycles. The lowest BCUT2D eigenvalue weighted by molar-refractivity contribution is 0.388. The molecule has 0 aliphatic heterocycles. The first-order chi connectivity index (χ1) is 7.24. The van der Waals surface area contributed by atoms with Crippen molar-refractivity contribution in [3.05, 3.63) is 41.5 Å². The number of hydrogen-bond donors (Lipinski definition) is 1. The van der Waals surface area contributed by atoms with Gasteiger partial charge in [-0.1, -0.05) is 22.9 Å². The summed E-state index contributed by atoms with van der Waals surface area (Å²) in [5, 5.41) is 7.02. The number of benzene rings is 1. The fraction of sp³-hybridized carbons (Fsp3) is 0.273. The number of nitrogens with zero attached hydrogens (tertiary/aromatic N) is 2. The summed E-state index contributed by atoms with van der Waals surface area (Å²) < 4.78 is 4.87. The Labute approximate surface area is 88.3 Å². The maximum atomic E-state index is 4.87. The average molecular weight is 203 g/mol. The van der Waals surface area contributed by atoms with Crippen molar-refractivity contribution in [2.24, 2.45) is 0 Å². The first-order valence-electron chi connectivity index (χ1n) is 4.84. The molecule has 1 aromatic heterocycles. The van der Waals surface area contributed by atoms with Gasteiger partial charge < -0.3 is 9.84 Å². The Kier molecular flexibility index (Phi) is 2.67. The van der Waals surface area contributed by atoms with Crippen LogP contribution in [0.1, 0.15) is 17.3 Å². The zero-order valence-electron chi connectivity index (χ0n) is 8.82. The van der Waals surface area contributed by atoms with E-state index in [2.05, 4.69) is 34.5 Å². The van der Waals surface area contributed by atoms with E-state index in [1.807, 2.05) is 12.1 Å². The molecule has 0 aliphatic carbocycles. The molecule has 2 aromatic rings. The summed E-state index contributed by atoms with van der Waals surface area (Å²) in [5.41, 5.74) is 2.30. The number of anilines is 1. The normalized spacial score (nSPS) is 10.3. The van der Waals surface area contributed by atoms with Crippen LogP contribution in [0.2, 0.25) is 0 Å². The minimum atomic E-state index is 0.584. The van der Waals surface area contributed by atoms with Gasteiger partial charge in [0.15, 0.2) is 5.82 Å². The molecule has 0 saturated carbocycles. The van der Waals surface area contributed by atoms with Crippen molar-refractivity contribution in [2.45, 2.75) is 20.4 Å². The first-order valence-corrected chi connectivity index (χ1v) is 4.84. The van der Waals surface area contributed by atoms with Crippen LogP contribution in [-0.4, -0.2) is 10.1 Å². The van der Waals surface area contributed by atoms with Gasteiger partial charge in [0.05, 0.1) is 6.54 Å². The highest BCUT2D eigenvalue weighted by molar-refractivity contribution is 5.44. The van der Waals surface area contributed by atoms with Crippen LogP contribution in [0.5, 0.6) is 0 Å². The van der Waals surface area contributed by atoms with Crippen molar-refractivity contribution in [3.63, 3.8) is 0 Å². The van der Waals surface area contributed by atoms with Crippen LogP contribution >= 0.6 is 0 Å². The van der Waals surface area contributed by atoms with Gasteiger partial charge in [0.1, 0.15) is 0 Å². The highest BCUT2D eigenvalue weighted by Gasteiger charge is 2.00. The molecule has 0 spiro atoms. The predicted molar refractivity (Wildman–Crippen MR) is 57.5 cm³/mol. The maximum absolute atomic E-state index is 4.87. The Bertz CT molecular complexity index is 433. The van der Waals surface area contributed by atoms with Crippen LogP contribution in [-0.2, 0) is 6.54 Å². The lowest BCUT2D eigenvalue weighted by Gasteiger charge is -2.02. The van der Waals surface area contributed by atoms with Gasteiger partial charge in [0, 0.05) is 12.6 Å². The number of hydrogen-bond acceptors (Lipinski definition) is 4. The van der Waals surface area contributed by atoms with Crippen LogP contribution in [0.15, 0.2) is 28.8 Å². The molecular formula is C11H13N3O. The van der Waals surface area contributed by atoms with E-state index in [1.165, 1.54) is 5.56 Å². The fourth-order valence-electron chi connectivity index (χ4n) is 1.27. The summed E-state index contributed by atoms with van der Waals surface area (Å²) >= 11 is 0. The van der Waals surface area contributed by atoms with E-state index in [0.717, 1.165) is 5.69 Å². The Balaban J connectivity index is 1.96. The van der Waals surface area contributed by atoms with E-state index in [-0.39, 0.29) is 0 Å². The minimum Gasteiger partial charge on any atom is -0.378 e. The number of aromatic nitrogens is 2. The molecule has 78 valence electrons. The topological polar surface area (TPSA) is 51.0 Å². The Morgan fingerprint density at radius 2 is 1.93 bits per heavy atom. The van der Waals surface area contributed by atoms with Crippen LogP contribution in [0, 0.1) is 13.8 Å². The molecule has 0 fully saturated rings. The van der Waals surface area contributed by atoms with E-state index < -0.39 is 0 Å². The third kappa shape index (κ3) is 2.56. The predicted octanol–water partition coefficient (Wildman–Crippen LogP) is 2.30. The summed E-state index contributed by atoms with van der Waals surface area (Å²) in [4.78, 5) is 4.10. The molecule has 0 unspecified atom stereocenters. The molecule has 0 radical (unpaired) electrons. The highest BCUT2D eigenvalue weighted by Crippen LogP contribution is 2.09. The molecule has 0 aliphatic rings. The van der Waals surface area contributed by atoms with Gasteiger partial charge in [-0.15, -0.1) is 0 Å². The van der Waals surface area contributed by atoms with Crippen LogP contribution < -0.4 is 5.32 Å². The van der Waals surface area contributed by atoms with E-state index in [4.69, 9.17) is 4.52 Å². The summed E-state index contributed by atoms with van der Waals surface area (Å²) in [6.07, 6.45) is 0. The van der Waals surface area contributed by atoms with E-state index in [0.29, 0.717) is 18.3 Å². The monoisotopic (exact) mass is 203 g/mol. The lowest BCUT2D eigenvalue weighted by atomic mass is 10.2. The molecule has 15 heavy (non-hydrogen) atoms. The smallest absolute Gasteiger partial charge is 0.223 e. The maximum Gasteiger partial charge on any atom is 0.223 e. The largest absolute Gasteiger partial charge is 0.378 e. The van der Waals surface area contributed by atoms with Gasteiger partial charge >= 0.3 is 0 Å². The number of rotatable bonds is 3. The standard InChI is InChI=1S/C11H13N3O/c1-8-3-5-10(6-4-8)12-7-11-13-9(2)15-14-11/h3-6,12H,7H2,1-2H3. The van der Waals surface area contributed by atoms with Gasteiger partial charge in [-0.3, -0.25) is 0 Å². The van der Waals surface area contributed by atoms with Crippen LogP contribution in [0.25, 0.3) is 0 Å². The third-order valence-corrected chi connectivity index (χ3v) is 2.07. The molecule has 2 rings (SSSR count). The Morgan fingerprint density at radius 1 is 1.20 bits per heavy atom. The van der Waals surface area contributed by atoms with Gasteiger partial charge in [-0.05, 0) is 19.1 Å². The molecule has 1 N–H and O–H groups in total. The van der Waals surface area contributed by atoms with Crippen molar-refractivity contribution in [2.75, 3.05) is 5.32 Å². The summed E-state index contributed by atoms with van der Waals surface area (Å²) in [6.45, 7) is 4.43. The number of nitrogens with one attached hydrogen (secondary N) is 1. The zero-order valence-corrected chi connectivity index (χ0v) is 8.82. The third-order valence-electron chi connectivity index (χ3n) is 2.07. The molecule has 1 aromatic carbocycles. The number of aryl methyl sites for hydroxylation is 2. The molecule has 4 heteroatoms. The van der Waals surface area contributed by atoms with E-state index in [1.54, 1.807) is 6.92 Å². The summed E-state index contributed by atoms with van der Waals surface area (Å²) in [5.74, 6) is 1.27. The van der Waals surface area contributed by atoms with Gasteiger partial charge in [0.2, 0.25) is 5.89 Å². The molecule has 0 bridgehead atoms. The fourth-order valence-corrected chi connectivity index (χ4v) is 1.27. The van der Waals surface area contributed by atoms with Gasteiger partial charge in [-0.2, -0.15) is 4.98 Å². The van der Waals surface area contributed by atoms with Crippen molar-refractivity contribution in [1.82, 2.24) is 10.1 Å². The average Bonchev–Trinajstić information content (AvgIpc) is 2.64. The zero-order chi connectivity index (χ0) is 10.7. The molecule has 0 amide bonds. The molecule has 0 atom stereocenters. The SMILES string of the molecule is Cc1ccc(NCc2noc(C)n2)cc1. The van der Waals surface area contributed by atoms with Gasteiger partial charge in [-0.25, -0.2) is 0 Å². The van der Waals surface area contributed by atoms with E-state index >= 15 is 0 Å². The second kappa shape index (κ2) is 4.13. The van der Waals surface area contributed by atoms with Gasteiger partial charge in [0.25, 0.3) is 0 Å². The molecule has 4 nitrogen and oxygen atoms in total.